The van der Waals surface area contributed by atoms with Crippen LogP contribution >= 0.6 is 0 Å². The highest BCUT2D eigenvalue weighted by molar-refractivity contribution is 5.34. The molecule has 0 N–H and O–H groups in total. The second-order valence-electron chi connectivity index (χ2n) is 2.05. The van der Waals surface area contributed by atoms with E-state index in [9.17, 15) is 0 Å². The van der Waals surface area contributed by atoms with E-state index in [4.69, 9.17) is 0 Å². The molecule has 0 spiro atoms. The van der Waals surface area contributed by atoms with Crippen LogP contribution in [0.1, 0.15) is 5.82 Å². The highest BCUT2D eigenvalue weighted by Gasteiger charge is 1.94. The van der Waals surface area contributed by atoms with Crippen LogP contribution in [-0.4, -0.2) is 19.6 Å². The van der Waals surface area contributed by atoms with Crippen molar-refractivity contribution in [2.24, 2.45) is 0 Å². The molecule has 0 aliphatic carbocycles. The van der Waals surface area contributed by atoms with E-state index in [2.05, 4.69) is 15.2 Å². The second-order valence-corrected chi connectivity index (χ2v) is 2.05. The van der Waals surface area contributed by atoms with Gasteiger partial charge in [-0.25, -0.2) is 4.98 Å². The molecule has 2 aromatic rings. The Morgan fingerprint density at radius 1 is 1.50 bits per heavy atom. The summed E-state index contributed by atoms with van der Waals surface area (Å²) in [6.07, 6.45) is 3.37. The molecule has 0 aliphatic heterocycles. The lowest BCUT2D eigenvalue weighted by Gasteiger charge is -1.92. The molecule has 0 radical (unpaired) electrons. The van der Waals surface area contributed by atoms with Gasteiger partial charge in [0.05, 0.1) is 0 Å². The van der Waals surface area contributed by atoms with Gasteiger partial charge >= 0.3 is 0 Å². The molecule has 2 aromatic heterocycles. The number of hydrogen-bond acceptors (Lipinski definition) is 3. The molecule has 10 heavy (non-hydrogen) atoms. The third kappa shape index (κ3) is 0.586. The minimum absolute atomic E-state index is 0.840. The van der Waals surface area contributed by atoms with Crippen molar-refractivity contribution in [2.75, 3.05) is 0 Å². The van der Waals surface area contributed by atoms with Crippen molar-refractivity contribution < 1.29 is 0 Å². The maximum Gasteiger partial charge on any atom is 0.163 e. The van der Waals surface area contributed by atoms with Crippen molar-refractivity contribution in [1.29, 1.82) is 0 Å². The lowest BCUT2D eigenvalue weighted by molar-refractivity contribution is 0.981. The molecule has 0 unspecified atom stereocenters. The van der Waals surface area contributed by atoms with Crippen LogP contribution in [0.5, 0.6) is 0 Å². The zero-order valence-corrected chi connectivity index (χ0v) is 5.52. The molecule has 0 saturated carbocycles. The Bertz CT molecular complexity index is 351. The lowest BCUT2D eigenvalue weighted by Crippen LogP contribution is -1.91. The maximum absolute atomic E-state index is 4.06. The molecule has 0 aromatic carbocycles. The van der Waals surface area contributed by atoms with Crippen molar-refractivity contribution in [3.05, 3.63) is 24.4 Å². The van der Waals surface area contributed by atoms with Gasteiger partial charge < -0.3 is 0 Å². The SMILES string of the molecule is Cc1nccc2nncn12. The largest absolute Gasteiger partial charge is 0.269 e. The van der Waals surface area contributed by atoms with Crippen LogP contribution < -0.4 is 0 Å². The summed E-state index contributed by atoms with van der Waals surface area (Å²) < 4.78 is 1.83. The number of rotatable bonds is 0. The number of aryl methyl sites for hydroxylation is 1. The highest BCUT2D eigenvalue weighted by atomic mass is 15.2. The van der Waals surface area contributed by atoms with Crippen LogP contribution in [0.4, 0.5) is 0 Å². The third-order valence-corrected chi connectivity index (χ3v) is 1.41. The van der Waals surface area contributed by atoms with Crippen LogP contribution in [0.25, 0.3) is 5.65 Å². The van der Waals surface area contributed by atoms with Crippen LogP contribution in [-0.2, 0) is 0 Å². The summed E-state index contributed by atoms with van der Waals surface area (Å²) in [4.78, 5) is 4.06. The fourth-order valence-electron chi connectivity index (χ4n) is 0.881. The molecule has 4 nitrogen and oxygen atoms in total. The predicted molar refractivity (Wildman–Crippen MR) is 35.5 cm³/mol. The Labute approximate surface area is 57.5 Å². The Hall–Kier alpha value is -1.45. The molecule has 2 rings (SSSR count). The first-order valence-corrected chi connectivity index (χ1v) is 2.99. The van der Waals surface area contributed by atoms with Crippen molar-refractivity contribution in [1.82, 2.24) is 19.6 Å². The van der Waals surface area contributed by atoms with Crippen LogP contribution in [0.3, 0.4) is 0 Å². The number of aromatic nitrogens is 4. The van der Waals surface area contributed by atoms with Crippen molar-refractivity contribution in [2.45, 2.75) is 6.92 Å². The van der Waals surface area contributed by atoms with Gasteiger partial charge in [-0.1, -0.05) is 0 Å². The Morgan fingerprint density at radius 3 is 3.20 bits per heavy atom. The van der Waals surface area contributed by atoms with Gasteiger partial charge in [-0.2, -0.15) is 0 Å². The molecule has 2 heterocycles. The van der Waals surface area contributed by atoms with Gasteiger partial charge in [0, 0.05) is 12.3 Å². The van der Waals surface area contributed by atoms with E-state index in [1.807, 2.05) is 17.4 Å². The van der Waals surface area contributed by atoms with E-state index < -0.39 is 0 Å². The lowest BCUT2D eigenvalue weighted by atomic mass is 10.5. The number of hydrogen-bond donors (Lipinski definition) is 0. The van der Waals surface area contributed by atoms with Crippen molar-refractivity contribution >= 4 is 5.65 Å². The molecular formula is C6H6N4. The van der Waals surface area contributed by atoms with Crippen LogP contribution in [0, 0.1) is 6.92 Å². The summed E-state index contributed by atoms with van der Waals surface area (Å²) in [6, 6.07) is 1.82. The topological polar surface area (TPSA) is 43.1 Å². The molecule has 0 bridgehead atoms. The van der Waals surface area contributed by atoms with E-state index in [0.29, 0.717) is 0 Å². The molecule has 0 saturated heterocycles. The smallest absolute Gasteiger partial charge is 0.163 e. The second kappa shape index (κ2) is 1.76. The van der Waals surface area contributed by atoms with Gasteiger partial charge in [-0.05, 0) is 6.92 Å². The molecule has 0 fully saturated rings. The zero-order chi connectivity index (χ0) is 6.97. The van der Waals surface area contributed by atoms with E-state index in [0.717, 1.165) is 11.5 Å². The Balaban J connectivity index is 2.95. The summed E-state index contributed by atoms with van der Waals surface area (Å²) >= 11 is 0. The first-order chi connectivity index (χ1) is 4.88. The summed E-state index contributed by atoms with van der Waals surface area (Å²) in [5.41, 5.74) is 0.840. The molecular weight excluding hydrogens is 128 g/mol. The fourth-order valence-corrected chi connectivity index (χ4v) is 0.881. The number of fused-ring (bicyclic) bond motifs is 1. The quantitative estimate of drug-likeness (QED) is 0.524. The highest BCUT2D eigenvalue weighted by Crippen LogP contribution is 1.97. The Kier molecular flexibility index (Phi) is 0.943. The summed E-state index contributed by atoms with van der Waals surface area (Å²) in [7, 11) is 0. The predicted octanol–water partition coefficient (Wildman–Crippen LogP) is 0.433. The van der Waals surface area contributed by atoms with Gasteiger partial charge in [-0.3, -0.25) is 4.40 Å². The van der Waals surface area contributed by atoms with Gasteiger partial charge in [-0.15, -0.1) is 10.2 Å². The van der Waals surface area contributed by atoms with Gasteiger partial charge in [0.25, 0.3) is 0 Å². The fraction of sp³-hybridized carbons (Fsp3) is 0.167. The van der Waals surface area contributed by atoms with Crippen LogP contribution in [0.15, 0.2) is 18.6 Å². The van der Waals surface area contributed by atoms with E-state index in [1.54, 1.807) is 12.5 Å². The first-order valence-electron chi connectivity index (χ1n) is 2.99. The summed E-state index contributed by atoms with van der Waals surface area (Å²) in [5.74, 6) is 0.905. The molecule has 0 aliphatic rings. The van der Waals surface area contributed by atoms with E-state index >= 15 is 0 Å². The van der Waals surface area contributed by atoms with E-state index in [-0.39, 0.29) is 0 Å². The monoisotopic (exact) mass is 134 g/mol. The molecule has 4 heteroatoms. The van der Waals surface area contributed by atoms with Gasteiger partial charge in [0.2, 0.25) is 0 Å². The third-order valence-electron chi connectivity index (χ3n) is 1.41. The molecule has 0 atom stereocenters. The molecule has 50 valence electrons. The minimum atomic E-state index is 0.840. The normalized spacial score (nSPS) is 10.5. The average Bonchev–Trinajstić information content (AvgIpc) is 2.36. The van der Waals surface area contributed by atoms with Gasteiger partial charge in [0.1, 0.15) is 12.2 Å². The maximum atomic E-state index is 4.06. The van der Waals surface area contributed by atoms with Crippen LogP contribution in [0.2, 0.25) is 0 Å². The average molecular weight is 134 g/mol. The summed E-state index contributed by atoms with van der Waals surface area (Å²) in [6.45, 7) is 1.91. The molecule has 0 amide bonds. The Morgan fingerprint density at radius 2 is 2.40 bits per heavy atom. The van der Waals surface area contributed by atoms with Crippen molar-refractivity contribution in [3.63, 3.8) is 0 Å². The zero-order valence-electron chi connectivity index (χ0n) is 5.52. The van der Waals surface area contributed by atoms with Gasteiger partial charge in [0.15, 0.2) is 5.65 Å². The van der Waals surface area contributed by atoms with E-state index in [1.165, 1.54) is 0 Å². The summed E-state index contributed by atoms with van der Waals surface area (Å²) in [5, 5.41) is 7.59. The van der Waals surface area contributed by atoms with Crippen molar-refractivity contribution in [3.8, 4) is 0 Å². The minimum Gasteiger partial charge on any atom is -0.269 e. The first kappa shape index (κ1) is 5.34. The standard InChI is InChI=1S/C6H6N4/c1-5-7-3-2-6-9-8-4-10(5)6/h2-4H,1H3. The number of nitrogens with zero attached hydrogens (tertiary/aromatic N) is 4.